The van der Waals surface area contributed by atoms with E-state index in [-0.39, 0.29) is 11.9 Å². The number of hydrogen-bond acceptors (Lipinski definition) is 5. The van der Waals surface area contributed by atoms with E-state index in [1.54, 1.807) is 0 Å². The molecular weight excluding hydrogens is 380 g/mol. The number of hydroxylamine groups is 2. The lowest BCUT2D eigenvalue weighted by molar-refractivity contribution is -0.183. The van der Waals surface area contributed by atoms with Crippen LogP contribution in [0, 0.1) is 5.41 Å². The SMILES string of the molecule is CCOC(=O)[C@@]1(C/C=C/c2ccccc2)CCCN(C(=O)CCN2CCCCO2)C1. The van der Waals surface area contributed by atoms with Crippen molar-refractivity contribution in [1.82, 2.24) is 9.96 Å². The molecule has 0 spiro atoms. The van der Waals surface area contributed by atoms with E-state index >= 15 is 0 Å². The number of carbonyl (C=O) groups excluding carboxylic acids is 2. The molecule has 1 amide bonds. The van der Waals surface area contributed by atoms with Gasteiger partial charge in [0.2, 0.25) is 5.91 Å². The van der Waals surface area contributed by atoms with Gasteiger partial charge in [-0.15, -0.1) is 0 Å². The predicted molar refractivity (Wildman–Crippen MR) is 116 cm³/mol. The number of esters is 1. The predicted octanol–water partition coefficient (Wildman–Crippen LogP) is 3.68. The van der Waals surface area contributed by atoms with E-state index in [0.717, 1.165) is 44.4 Å². The molecule has 3 rings (SSSR count). The molecule has 0 aromatic heterocycles. The van der Waals surface area contributed by atoms with Gasteiger partial charge in [-0.05, 0) is 44.6 Å². The lowest BCUT2D eigenvalue weighted by Gasteiger charge is -2.40. The maximum absolute atomic E-state index is 12.9. The van der Waals surface area contributed by atoms with Gasteiger partial charge < -0.3 is 9.64 Å². The molecule has 2 aliphatic rings. The fraction of sp³-hybridized carbons (Fsp3) is 0.583. The average Bonchev–Trinajstić information content (AvgIpc) is 2.79. The number of nitrogens with zero attached hydrogens (tertiary/aromatic N) is 2. The van der Waals surface area contributed by atoms with Crippen molar-refractivity contribution in [2.75, 3.05) is 39.4 Å². The van der Waals surface area contributed by atoms with Gasteiger partial charge in [0.25, 0.3) is 0 Å². The molecule has 6 heteroatoms. The van der Waals surface area contributed by atoms with Crippen LogP contribution in [0.15, 0.2) is 36.4 Å². The van der Waals surface area contributed by atoms with Gasteiger partial charge in [-0.25, -0.2) is 0 Å². The monoisotopic (exact) mass is 414 g/mol. The van der Waals surface area contributed by atoms with Crippen LogP contribution in [-0.2, 0) is 19.2 Å². The van der Waals surface area contributed by atoms with E-state index in [0.29, 0.717) is 39.1 Å². The fourth-order valence-electron chi connectivity index (χ4n) is 4.23. The third kappa shape index (κ3) is 6.16. The smallest absolute Gasteiger partial charge is 0.314 e. The molecule has 2 heterocycles. The maximum Gasteiger partial charge on any atom is 0.314 e. The molecule has 0 aliphatic carbocycles. The number of benzene rings is 1. The third-order valence-electron chi connectivity index (χ3n) is 5.91. The summed E-state index contributed by atoms with van der Waals surface area (Å²) < 4.78 is 5.43. The van der Waals surface area contributed by atoms with Gasteiger partial charge in [-0.3, -0.25) is 14.4 Å². The van der Waals surface area contributed by atoms with E-state index in [1.165, 1.54) is 0 Å². The van der Waals surface area contributed by atoms with Crippen molar-refractivity contribution in [1.29, 1.82) is 0 Å². The highest BCUT2D eigenvalue weighted by Gasteiger charge is 2.43. The molecule has 30 heavy (non-hydrogen) atoms. The minimum absolute atomic E-state index is 0.0876. The standard InChI is InChI=1S/C24H34N2O4/c1-2-29-23(28)24(14-8-12-21-10-4-3-5-11-21)15-9-16-25(20-24)22(27)13-18-26-17-6-7-19-30-26/h3-5,8,10-12H,2,6-7,9,13-20H2,1H3/b12-8+/t24-/m0/s1. The average molecular weight is 415 g/mol. The summed E-state index contributed by atoms with van der Waals surface area (Å²) in [6.07, 6.45) is 8.80. The van der Waals surface area contributed by atoms with Gasteiger partial charge >= 0.3 is 5.97 Å². The first-order valence-corrected chi connectivity index (χ1v) is 11.2. The molecular formula is C24H34N2O4. The van der Waals surface area contributed by atoms with Crippen molar-refractivity contribution < 1.29 is 19.2 Å². The van der Waals surface area contributed by atoms with Gasteiger partial charge in [-0.1, -0.05) is 42.5 Å². The Balaban J connectivity index is 1.63. The molecule has 0 bridgehead atoms. The lowest BCUT2D eigenvalue weighted by atomic mass is 9.76. The van der Waals surface area contributed by atoms with Crippen LogP contribution in [0.2, 0.25) is 0 Å². The molecule has 0 radical (unpaired) electrons. The second-order valence-electron chi connectivity index (χ2n) is 8.16. The Hall–Kier alpha value is -2.18. The van der Waals surface area contributed by atoms with E-state index in [1.807, 2.05) is 59.4 Å². The number of ether oxygens (including phenoxy) is 1. The van der Waals surface area contributed by atoms with Crippen molar-refractivity contribution in [3.63, 3.8) is 0 Å². The van der Waals surface area contributed by atoms with Gasteiger partial charge in [0, 0.05) is 32.6 Å². The van der Waals surface area contributed by atoms with Crippen LogP contribution in [0.5, 0.6) is 0 Å². The number of likely N-dealkylation sites (tertiary alicyclic amines) is 1. The molecule has 2 saturated heterocycles. The Kier molecular flexibility index (Phi) is 8.46. The van der Waals surface area contributed by atoms with E-state index in [4.69, 9.17) is 9.57 Å². The van der Waals surface area contributed by atoms with Gasteiger partial charge in [0.05, 0.1) is 18.6 Å². The number of hydrogen-bond donors (Lipinski definition) is 0. The summed E-state index contributed by atoms with van der Waals surface area (Å²) >= 11 is 0. The molecule has 1 atom stereocenters. The quantitative estimate of drug-likeness (QED) is 0.608. The number of allylic oxidation sites excluding steroid dienone is 1. The van der Waals surface area contributed by atoms with Crippen LogP contribution >= 0.6 is 0 Å². The zero-order valence-corrected chi connectivity index (χ0v) is 18.1. The van der Waals surface area contributed by atoms with E-state index in [2.05, 4.69) is 0 Å². The van der Waals surface area contributed by atoms with Crippen LogP contribution in [0.1, 0.15) is 51.0 Å². The van der Waals surface area contributed by atoms with Crippen molar-refractivity contribution in [2.24, 2.45) is 5.41 Å². The molecule has 2 fully saturated rings. The Morgan fingerprint density at radius 3 is 2.73 bits per heavy atom. The highest BCUT2D eigenvalue weighted by Crippen LogP contribution is 2.36. The summed E-state index contributed by atoms with van der Waals surface area (Å²) in [6, 6.07) is 10.0. The summed E-state index contributed by atoms with van der Waals surface area (Å²) in [5.74, 6) is -0.107. The summed E-state index contributed by atoms with van der Waals surface area (Å²) in [4.78, 5) is 33.2. The molecule has 6 nitrogen and oxygen atoms in total. The summed E-state index contributed by atoms with van der Waals surface area (Å²) in [6.45, 7) is 5.52. The number of amides is 1. The number of carbonyl (C=O) groups is 2. The Bertz CT molecular complexity index is 715. The molecule has 0 N–H and O–H groups in total. The maximum atomic E-state index is 12.9. The van der Waals surface area contributed by atoms with E-state index in [9.17, 15) is 9.59 Å². The first kappa shape index (κ1) is 22.5. The molecule has 0 saturated carbocycles. The second-order valence-corrected chi connectivity index (χ2v) is 8.16. The van der Waals surface area contributed by atoms with Crippen LogP contribution in [-0.4, -0.2) is 61.2 Å². The molecule has 0 unspecified atom stereocenters. The zero-order valence-electron chi connectivity index (χ0n) is 18.1. The first-order chi connectivity index (χ1) is 14.6. The van der Waals surface area contributed by atoms with Gasteiger partial charge in [0.15, 0.2) is 0 Å². The van der Waals surface area contributed by atoms with Crippen LogP contribution in [0.4, 0.5) is 0 Å². The number of rotatable bonds is 8. The summed E-state index contributed by atoms with van der Waals surface area (Å²) in [7, 11) is 0. The number of piperidine rings is 1. The Labute approximate surface area is 179 Å². The van der Waals surface area contributed by atoms with Gasteiger partial charge in [-0.2, -0.15) is 5.06 Å². The van der Waals surface area contributed by atoms with Crippen LogP contribution in [0.3, 0.4) is 0 Å². The van der Waals surface area contributed by atoms with Crippen molar-refractivity contribution in [2.45, 2.75) is 45.4 Å². The zero-order chi connectivity index (χ0) is 21.2. The summed E-state index contributed by atoms with van der Waals surface area (Å²) in [5, 5.41) is 1.90. The van der Waals surface area contributed by atoms with Crippen molar-refractivity contribution >= 4 is 18.0 Å². The minimum Gasteiger partial charge on any atom is -0.466 e. The van der Waals surface area contributed by atoms with Crippen molar-refractivity contribution in [3.8, 4) is 0 Å². The normalized spacial score (nSPS) is 22.9. The highest BCUT2D eigenvalue weighted by atomic mass is 16.7. The largest absolute Gasteiger partial charge is 0.466 e. The second kappa shape index (κ2) is 11.3. The molecule has 1 aromatic rings. The first-order valence-electron chi connectivity index (χ1n) is 11.2. The highest BCUT2D eigenvalue weighted by molar-refractivity contribution is 5.81. The Morgan fingerprint density at radius 2 is 2.00 bits per heavy atom. The lowest BCUT2D eigenvalue weighted by Crippen LogP contribution is -2.50. The van der Waals surface area contributed by atoms with E-state index < -0.39 is 5.41 Å². The third-order valence-corrected chi connectivity index (χ3v) is 5.91. The summed E-state index contributed by atoms with van der Waals surface area (Å²) in [5.41, 5.74) is 0.429. The fourth-order valence-corrected chi connectivity index (χ4v) is 4.23. The topological polar surface area (TPSA) is 59.1 Å². The molecule has 1 aromatic carbocycles. The van der Waals surface area contributed by atoms with Crippen LogP contribution in [0.25, 0.3) is 6.08 Å². The minimum atomic E-state index is -0.670. The Morgan fingerprint density at radius 1 is 1.17 bits per heavy atom. The molecule has 164 valence electrons. The molecule has 2 aliphatic heterocycles. The van der Waals surface area contributed by atoms with Crippen LogP contribution < -0.4 is 0 Å². The van der Waals surface area contributed by atoms with Gasteiger partial charge in [0.1, 0.15) is 0 Å². The van der Waals surface area contributed by atoms with Crippen molar-refractivity contribution in [3.05, 3.63) is 42.0 Å².